The summed E-state index contributed by atoms with van der Waals surface area (Å²) in [6.07, 6.45) is 29.2. The van der Waals surface area contributed by atoms with Gasteiger partial charge in [0.1, 0.15) is 81.4 Å². The van der Waals surface area contributed by atoms with E-state index in [0.717, 1.165) is 174 Å². The molecule has 0 aromatic carbocycles. The van der Waals surface area contributed by atoms with Crippen LogP contribution in [0.5, 0.6) is 18.0 Å². The SMILES string of the molecule is CCCCOc1nc(N(C(=O)OC(C)(C)C)C(=O)OC(C)(C)C)c2c(n1)c(CCCCCN1CCCCC1)c(C(=O)O)n2COCC[Si](C)(C)C.CCCCOc1nc(N(C(=O)OC(C)(C)C)C(=O)OC(C)(C)C)c2c(n1)c(CCCCCN1CCCCC1)cn2COCC[Si](C)(C)C.CCCCOc1nc(N)c2c(n1)c(CCCCCN1CCCCC1)cn2COCC[Si](C)(C)C. The molecule has 133 heavy (non-hydrogen) atoms. The maximum atomic E-state index is 13.9. The third kappa shape index (κ3) is 40.2. The van der Waals surface area contributed by atoms with Gasteiger partial charge < -0.3 is 86.6 Å². The summed E-state index contributed by atoms with van der Waals surface area (Å²) in [5, 5.41) is 10.7. The summed E-state index contributed by atoms with van der Waals surface area (Å²) in [6.45, 7) is 62.0. The van der Waals surface area contributed by atoms with Gasteiger partial charge in [-0.2, -0.15) is 39.7 Å². The molecule has 0 spiro atoms. The largest absolute Gasteiger partial charge is 0.477 e. The van der Waals surface area contributed by atoms with Gasteiger partial charge in [0, 0.05) is 62.0 Å². The summed E-state index contributed by atoms with van der Waals surface area (Å²) in [6, 6.07) is 3.44. The molecule has 6 aromatic rings. The molecule has 0 saturated carbocycles. The molecule has 752 valence electrons. The lowest BCUT2D eigenvalue weighted by atomic mass is 10.1. The minimum atomic E-state index is -1.47. The zero-order valence-corrected chi connectivity index (χ0v) is 89.5. The van der Waals surface area contributed by atoms with Gasteiger partial charge in [-0.3, -0.25) is 0 Å². The van der Waals surface area contributed by atoms with Crippen LogP contribution in [0.2, 0.25) is 77.1 Å². The number of rotatable bonds is 48. The molecule has 6 aromatic heterocycles. The monoisotopic (exact) mass is 1910 g/mol. The summed E-state index contributed by atoms with van der Waals surface area (Å²) < 4.78 is 64.6. The van der Waals surface area contributed by atoms with Crippen LogP contribution in [-0.4, -0.2) is 239 Å². The summed E-state index contributed by atoms with van der Waals surface area (Å²) in [5.41, 5.74) is 8.75. The molecule has 0 radical (unpaired) electrons. The fraction of sp³-hybridized carbons (Fsp3) is 0.768. The van der Waals surface area contributed by atoms with Crippen molar-refractivity contribution in [1.82, 2.24) is 58.3 Å². The van der Waals surface area contributed by atoms with E-state index in [1.54, 1.807) is 83.1 Å². The van der Waals surface area contributed by atoms with Crippen molar-refractivity contribution in [3.8, 4) is 18.0 Å². The van der Waals surface area contributed by atoms with Gasteiger partial charge >= 0.3 is 48.4 Å². The predicted octanol–water partition coefficient (Wildman–Crippen LogP) is 23.0. The first kappa shape index (κ1) is 112. The molecule has 9 heterocycles. The molecule has 4 amide bonds. The number of nitrogens with zero attached hydrogens (tertiary/aromatic N) is 14. The third-order valence-corrected chi connectivity index (χ3v) is 28.0. The van der Waals surface area contributed by atoms with Crippen molar-refractivity contribution in [3.05, 3.63) is 34.8 Å². The highest BCUT2D eigenvalue weighted by Crippen LogP contribution is 2.39. The van der Waals surface area contributed by atoms with Gasteiger partial charge in [-0.15, -0.1) is 0 Å². The Bertz CT molecular complexity index is 4490. The number of fused-ring (bicyclic) bond motifs is 3. The Kier molecular flexibility index (Phi) is 45.6. The highest BCUT2D eigenvalue weighted by molar-refractivity contribution is 6.76. The average Bonchev–Trinajstić information content (AvgIpc) is 1.59. The number of nitrogens with two attached hydrogens (primary N) is 1. The summed E-state index contributed by atoms with van der Waals surface area (Å²) in [4.78, 5) is 106. The number of carbonyl (C=O) groups is 5. The lowest BCUT2D eigenvalue weighted by Gasteiger charge is -2.28. The Morgan fingerprint density at radius 3 is 1.04 bits per heavy atom. The van der Waals surface area contributed by atoms with Gasteiger partial charge in [-0.05, 0) is 287 Å². The van der Waals surface area contributed by atoms with E-state index in [4.69, 9.17) is 73.0 Å². The quantitative estimate of drug-likeness (QED) is 0.0204. The van der Waals surface area contributed by atoms with E-state index in [0.29, 0.717) is 74.6 Å². The highest BCUT2D eigenvalue weighted by Gasteiger charge is 2.41. The van der Waals surface area contributed by atoms with Gasteiger partial charge in [-0.25, -0.2) is 24.0 Å². The van der Waals surface area contributed by atoms with Gasteiger partial charge in [0.25, 0.3) is 0 Å². The molecule has 31 nitrogen and oxygen atoms in total. The van der Waals surface area contributed by atoms with E-state index in [2.05, 4.69) is 108 Å². The third-order valence-electron chi connectivity index (χ3n) is 22.9. The van der Waals surface area contributed by atoms with Crippen molar-refractivity contribution in [2.45, 2.75) is 397 Å². The number of hydrogen-bond acceptors (Lipinski definition) is 25. The normalized spacial score (nSPS) is 14.8. The first-order chi connectivity index (χ1) is 62.7. The minimum absolute atomic E-state index is 0.0244. The Balaban J connectivity index is 0.000000278. The van der Waals surface area contributed by atoms with E-state index >= 15 is 0 Å². The fourth-order valence-electron chi connectivity index (χ4n) is 15.7. The fourth-order valence-corrected chi connectivity index (χ4v) is 18.0. The second-order valence-corrected chi connectivity index (χ2v) is 60.7. The molecule has 3 N–H and O–H groups in total. The lowest BCUT2D eigenvalue weighted by molar-refractivity contribution is 0.0406. The number of anilines is 3. The van der Waals surface area contributed by atoms with Gasteiger partial charge in [0.2, 0.25) is 0 Å². The molecule has 3 saturated heterocycles. The first-order valence-electron chi connectivity index (χ1n) is 50.2. The second-order valence-electron chi connectivity index (χ2n) is 43.8. The van der Waals surface area contributed by atoms with Crippen LogP contribution in [0, 0.1) is 0 Å². The summed E-state index contributed by atoms with van der Waals surface area (Å²) >= 11 is 0. The smallest absolute Gasteiger partial charge is 0.425 e. The number of ether oxygens (including phenoxy) is 10. The van der Waals surface area contributed by atoms with Crippen LogP contribution >= 0.6 is 0 Å². The zero-order valence-electron chi connectivity index (χ0n) is 86.5. The molecule has 0 atom stereocenters. The van der Waals surface area contributed by atoms with Gasteiger partial charge in [0.05, 0.1) is 19.8 Å². The molecule has 34 heteroatoms. The molecule has 0 aliphatic carbocycles. The Hall–Kier alpha value is -7.58. The molecule has 3 aliphatic heterocycles. The number of unbranched alkanes of at least 4 members (excludes halogenated alkanes) is 9. The molecule has 0 unspecified atom stereocenters. The topological polar surface area (TPSA) is 332 Å². The average molecular weight is 1910 g/mol. The van der Waals surface area contributed by atoms with Crippen LogP contribution in [0.15, 0.2) is 12.4 Å². The van der Waals surface area contributed by atoms with E-state index in [1.807, 2.05) is 17.7 Å². The van der Waals surface area contributed by atoms with E-state index in [-0.39, 0.29) is 53.8 Å². The van der Waals surface area contributed by atoms with Crippen molar-refractivity contribution in [1.29, 1.82) is 0 Å². The van der Waals surface area contributed by atoms with Crippen LogP contribution in [0.25, 0.3) is 33.1 Å². The number of carbonyl (C=O) groups excluding carboxylic acids is 4. The maximum absolute atomic E-state index is 13.9. The van der Waals surface area contributed by atoms with Crippen LogP contribution in [0.4, 0.5) is 36.6 Å². The standard InChI is InChI=1S/C37H63N5O8Si.C36H63N5O6Si.C26H47N5O2Si/c1-11-12-23-48-33-38-28-27(19-15-13-16-20-40-21-17-14-18-22-40)29(32(43)44)41(26-47-24-25-51(8,9)10)30(28)31(39-33)42(34(45)49-36(2,3)4)35(46)50-37(5,6)7;1-11-12-23-45-32-37-29-28(19-15-13-16-20-39-21-17-14-18-22-39)26-40(27-44-24-25-48(8,9)10)30(29)31(38-32)41(33(42)46-35(2,3)4)34(43)47-36(5,6)7;1-5-6-17-33-26-28-23-22(13-9-7-10-14-30-15-11-8-12-16-30)20-31(24(23)25(27)29-26)21-32-18-19-34(2,3)4/h11-26H2,1-10H3,(H,43,44);26H,11-25,27H2,1-10H3;20H,5-19,21H2,1-4H3,(H2,27,28,29). The number of carboxylic acid groups (broad SMARTS) is 1. The number of aromatic nitrogens is 9. The zero-order chi connectivity index (χ0) is 97.9. The molecule has 0 bridgehead atoms. The number of likely N-dealkylation sites (tertiary alicyclic amines) is 3. The summed E-state index contributed by atoms with van der Waals surface area (Å²) in [7, 11) is -3.91. The second kappa shape index (κ2) is 54.0. The van der Waals surface area contributed by atoms with Crippen molar-refractivity contribution in [2.75, 3.05) is 114 Å². The summed E-state index contributed by atoms with van der Waals surface area (Å²) in [5.74, 6) is -0.838. The van der Waals surface area contributed by atoms with Gasteiger partial charge in [-0.1, -0.05) is 137 Å². The molecule has 3 fully saturated rings. The van der Waals surface area contributed by atoms with Gasteiger partial charge in [0.15, 0.2) is 17.5 Å². The molecular formula is C99H173N15O16Si3. The number of aromatic carboxylic acids is 1. The van der Waals surface area contributed by atoms with Crippen molar-refractivity contribution < 1.29 is 76.4 Å². The molecular weight excluding hydrogens is 1740 g/mol. The maximum Gasteiger partial charge on any atom is 0.425 e. The Morgan fingerprint density at radius 2 is 0.699 bits per heavy atom. The predicted molar refractivity (Wildman–Crippen MR) is 541 cm³/mol. The number of hydrogen-bond donors (Lipinski definition) is 2. The van der Waals surface area contributed by atoms with Crippen molar-refractivity contribution in [2.24, 2.45) is 0 Å². The molecule has 9 rings (SSSR count). The number of imide groups is 2. The Labute approximate surface area is 799 Å². The number of nitrogen functional groups attached to an aromatic ring is 1. The molecule has 3 aliphatic rings. The van der Waals surface area contributed by atoms with Crippen LogP contribution in [0.1, 0.15) is 285 Å². The van der Waals surface area contributed by atoms with E-state index in [9.17, 15) is 29.1 Å². The van der Waals surface area contributed by atoms with E-state index in [1.165, 1.54) is 113 Å². The van der Waals surface area contributed by atoms with Crippen molar-refractivity contribution in [3.63, 3.8) is 0 Å². The Morgan fingerprint density at radius 1 is 0.383 bits per heavy atom. The lowest BCUT2D eigenvalue weighted by Crippen LogP contribution is -2.44. The van der Waals surface area contributed by atoms with Crippen LogP contribution in [0.3, 0.4) is 0 Å². The van der Waals surface area contributed by atoms with Crippen LogP contribution < -0.4 is 29.7 Å². The highest BCUT2D eigenvalue weighted by atomic mass is 28.3. The van der Waals surface area contributed by atoms with Crippen molar-refractivity contribution >= 4 is 105 Å². The number of amides is 4. The minimum Gasteiger partial charge on any atom is -0.477 e. The van der Waals surface area contributed by atoms with Crippen LogP contribution in [-0.2, 0) is 72.6 Å². The van der Waals surface area contributed by atoms with E-state index < -0.39 is 77.0 Å². The number of aryl methyl sites for hydroxylation is 3. The first-order valence-corrected chi connectivity index (χ1v) is 61.3. The number of piperidine rings is 3. The number of carboxylic acids is 1.